The van der Waals surface area contributed by atoms with E-state index in [1.807, 2.05) is 17.8 Å². The van der Waals surface area contributed by atoms with Gasteiger partial charge < -0.3 is 4.74 Å². The molecule has 0 spiro atoms. The molecule has 1 aliphatic heterocycles. The van der Waals surface area contributed by atoms with Gasteiger partial charge in [0.2, 0.25) is 0 Å². The Morgan fingerprint density at radius 1 is 1.52 bits per heavy atom. The number of carbonyl (C=O) groups is 1. The quantitative estimate of drug-likeness (QED) is 0.941. The highest BCUT2D eigenvalue weighted by molar-refractivity contribution is 7.19. The minimum absolute atomic E-state index is 0.260. The van der Waals surface area contributed by atoms with Gasteiger partial charge in [0.25, 0.3) is 5.91 Å². The van der Waals surface area contributed by atoms with E-state index in [2.05, 4.69) is 15.4 Å². The van der Waals surface area contributed by atoms with Crippen LogP contribution in [0.5, 0.6) is 0 Å². The van der Waals surface area contributed by atoms with E-state index in [4.69, 9.17) is 16.3 Å². The molecule has 6 nitrogen and oxygen atoms in total. The summed E-state index contributed by atoms with van der Waals surface area (Å²) in [6.07, 6.45) is 5.27. The van der Waals surface area contributed by atoms with E-state index < -0.39 is 0 Å². The minimum Gasteiger partial charge on any atom is -0.381 e. The van der Waals surface area contributed by atoms with Crippen molar-refractivity contribution in [2.45, 2.75) is 25.8 Å². The lowest BCUT2D eigenvalue weighted by Gasteiger charge is -2.22. The molecule has 21 heavy (non-hydrogen) atoms. The first-order valence-electron chi connectivity index (χ1n) is 6.69. The number of nitrogens with zero attached hydrogens (tertiary/aromatic N) is 3. The topological polar surface area (TPSA) is 69.0 Å². The number of aromatic nitrogens is 3. The van der Waals surface area contributed by atoms with Gasteiger partial charge >= 0.3 is 0 Å². The Bertz CT molecular complexity index is 648. The lowest BCUT2D eigenvalue weighted by molar-refractivity contribution is 0.0661. The van der Waals surface area contributed by atoms with Crippen LogP contribution in [0.25, 0.3) is 0 Å². The maximum absolute atomic E-state index is 12.3. The van der Waals surface area contributed by atoms with Gasteiger partial charge in [-0.3, -0.25) is 14.8 Å². The van der Waals surface area contributed by atoms with Crippen molar-refractivity contribution in [2.24, 2.45) is 0 Å². The van der Waals surface area contributed by atoms with Crippen LogP contribution in [-0.4, -0.2) is 33.9 Å². The molecule has 1 saturated heterocycles. The van der Waals surface area contributed by atoms with Gasteiger partial charge in [0, 0.05) is 25.0 Å². The molecule has 0 aliphatic carbocycles. The summed E-state index contributed by atoms with van der Waals surface area (Å²) in [6.45, 7) is 3.36. The van der Waals surface area contributed by atoms with E-state index in [1.54, 1.807) is 0 Å². The predicted octanol–water partition coefficient (Wildman–Crippen LogP) is 2.91. The Balaban J connectivity index is 1.75. The number of rotatable bonds is 3. The molecule has 8 heteroatoms. The highest BCUT2D eigenvalue weighted by Crippen LogP contribution is 2.24. The fourth-order valence-corrected chi connectivity index (χ4v) is 3.12. The third kappa shape index (κ3) is 3.25. The number of amides is 1. The molecule has 112 valence electrons. The normalized spacial score (nSPS) is 16.1. The molecule has 1 amide bonds. The van der Waals surface area contributed by atoms with Crippen LogP contribution in [0.4, 0.5) is 5.13 Å². The van der Waals surface area contributed by atoms with Crippen LogP contribution in [0.2, 0.25) is 4.34 Å². The van der Waals surface area contributed by atoms with E-state index in [0.717, 1.165) is 31.6 Å². The fourth-order valence-electron chi connectivity index (χ4n) is 2.31. The summed E-state index contributed by atoms with van der Waals surface area (Å²) in [6, 6.07) is 0.299. The fraction of sp³-hybridized carbons (Fsp3) is 0.462. The van der Waals surface area contributed by atoms with Crippen molar-refractivity contribution >= 4 is 34.0 Å². The van der Waals surface area contributed by atoms with Crippen molar-refractivity contribution in [1.82, 2.24) is 14.8 Å². The van der Waals surface area contributed by atoms with Gasteiger partial charge in [-0.2, -0.15) is 5.10 Å². The van der Waals surface area contributed by atoms with Gasteiger partial charge in [0.15, 0.2) is 10.8 Å². The number of thiazole rings is 1. The summed E-state index contributed by atoms with van der Waals surface area (Å²) in [5.74, 6) is -0.260. The second-order valence-electron chi connectivity index (χ2n) is 4.91. The van der Waals surface area contributed by atoms with Crippen LogP contribution in [0, 0.1) is 6.92 Å². The molecule has 0 radical (unpaired) electrons. The molecular weight excluding hydrogens is 312 g/mol. The van der Waals surface area contributed by atoms with Crippen molar-refractivity contribution in [2.75, 3.05) is 18.5 Å². The molecule has 0 saturated carbocycles. The van der Waals surface area contributed by atoms with Gasteiger partial charge in [-0.1, -0.05) is 22.9 Å². The zero-order valence-corrected chi connectivity index (χ0v) is 13.1. The first kappa shape index (κ1) is 14.5. The molecule has 1 fully saturated rings. The van der Waals surface area contributed by atoms with Crippen molar-refractivity contribution in [1.29, 1.82) is 0 Å². The Morgan fingerprint density at radius 3 is 2.95 bits per heavy atom. The maximum atomic E-state index is 12.3. The largest absolute Gasteiger partial charge is 0.381 e. The summed E-state index contributed by atoms with van der Waals surface area (Å²) < 4.78 is 7.76. The number of halogens is 1. The monoisotopic (exact) mass is 326 g/mol. The van der Waals surface area contributed by atoms with Crippen LogP contribution in [-0.2, 0) is 4.74 Å². The van der Waals surface area contributed by atoms with Crippen LogP contribution < -0.4 is 5.32 Å². The van der Waals surface area contributed by atoms with Gasteiger partial charge in [-0.25, -0.2) is 4.98 Å². The molecular formula is C13H15ClN4O2S. The molecule has 1 aliphatic rings. The average Bonchev–Trinajstić information content (AvgIpc) is 3.06. The van der Waals surface area contributed by atoms with Crippen LogP contribution in [0.1, 0.15) is 34.9 Å². The molecule has 3 heterocycles. The second kappa shape index (κ2) is 6.13. The van der Waals surface area contributed by atoms with E-state index in [-0.39, 0.29) is 5.91 Å². The lowest BCUT2D eigenvalue weighted by atomic mass is 10.1. The SMILES string of the molecule is Cc1cn(C2CCOCC2)nc1C(=O)Nc1ncc(Cl)s1. The first-order valence-corrected chi connectivity index (χ1v) is 7.89. The highest BCUT2D eigenvalue weighted by Gasteiger charge is 2.21. The third-order valence-electron chi connectivity index (χ3n) is 3.39. The molecule has 0 aromatic carbocycles. The van der Waals surface area contributed by atoms with E-state index >= 15 is 0 Å². The summed E-state index contributed by atoms with van der Waals surface area (Å²) in [5.41, 5.74) is 1.27. The minimum atomic E-state index is -0.260. The molecule has 3 rings (SSSR count). The van der Waals surface area contributed by atoms with Gasteiger partial charge in [0.1, 0.15) is 4.34 Å². The molecule has 0 unspecified atom stereocenters. The maximum Gasteiger partial charge on any atom is 0.278 e. The molecule has 2 aromatic rings. The third-order valence-corrected chi connectivity index (χ3v) is 4.42. The average molecular weight is 327 g/mol. The number of hydrogen-bond donors (Lipinski definition) is 1. The van der Waals surface area contributed by atoms with Gasteiger partial charge in [-0.15, -0.1) is 0 Å². The van der Waals surface area contributed by atoms with Crippen molar-refractivity contribution in [3.63, 3.8) is 0 Å². The van der Waals surface area contributed by atoms with Crippen LogP contribution in [0.15, 0.2) is 12.4 Å². The van der Waals surface area contributed by atoms with E-state index in [1.165, 1.54) is 17.5 Å². The van der Waals surface area contributed by atoms with Crippen LogP contribution >= 0.6 is 22.9 Å². The number of ether oxygens (including phenoxy) is 1. The second-order valence-corrected chi connectivity index (χ2v) is 6.57. The zero-order valence-electron chi connectivity index (χ0n) is 11.5. The van der Waals surface area contributed by atoms with E-state index in [0.29, 0.717) is 21.2 Å². The highest BCUT2D eigenvalue weighted by atomic mass is 35.5. The molecule has 0 atom stereocenters. The Kier molecular flexibility index (Phi) is 4.23. The van der Waals surface area contributed by atoms with Crippen molar-refractivity contribution in [3.8, 4) is 0 Å². The summed E-state index contributed by atoms with van der Waals surface area (Å²) >= 11 is 7.02. The van der Waals surface area contributed by atoms with Gasteiger partial charge in [-0.05, 0) is 19.8 Å². The molecule has 2 aromatic heterocycles. The number of carbonyl (C=O) groups excluding carboxylic acids is 1. The number of aryl methyl sites for hydroxylation is 1. The van der Waals surface area contributed by atoms with Crippen molar-refractivity contribution in [3.05, 3.63) is 28.0 Å². The van der Waals surface area contributed by atoms with Gasteiger partial charge in [0.05, 0.1) is 12.2 Å². The Morgan fingerprint density at radius 2 is 2.29 bits per heavy atom. The predicted molar refractivity (Wildman–Crippen MR) is 81.1 cm³/mol. The summed E-state index contributed by atoms with van der Waals surface area (Å²) in [5, 5.41) is 7.63. The number of nitrogens with one attached hydrogen (secondary N) is 1. The lowest BCUT2D eigenvalue weighted by Crippen LogP contribution is -2.21. The zero-order chi connectivity index (χ0) is 14.8. The molecule has 1 N–H and O–H groups in total. The standard InChI is InChI=1S/C13H15ClN4O2S/c1-8-7-18(9-2-4-20-5-3-9)17-11(8)12(19)16-13-15-6-10(14)21-13/h6-7,9H,2-5H2,1H3,(H,15,16,19). The molecule has 0 bridgehead atoms. The number of anilines is 1. The van der Waals surface area contributed by atoms with Crippen molar-refractivity contribution < 1.29 is 9.53 Å². The van der Waals surface area contributed by atoms with Crippen LogP contribution in [0.3, 0.4) is 0 Å². The number of hydrogen-bond acceptors (Lipinski definition) is 5. The van der Waals surface area contributed by atoms with E-state index in [9.17, 15) is 4.79 Å². The summed E-state index contributed by atoms with van der Waals surface area (Å²) in [7, 11) is 0. The Hall–Kier alpha value is -1.44. The smallest absolute Gasteiger partial charge is 0.278 e. The summed E-state index contributed by atoms with van der Waals surface area (Å²) in [4.78, 5) is 16.3. The Labute approximate surface area is 131 Å². The first-order chi connectivity index (χ1) is 10.1.